The molecular weight excluding hydrogens is 372 g/mol. The normalized spacial score (nSPS) is 13.4. The minimum Gasteiger partial charge on any atom is -0.372 e. The van der Waals surface area contributed by atoms with Crippen LogP contribution in [0.2, 0.25) is 5.02 Å². The van der Waals surface area contributed by atoms with E-state index in [0.29, 0.717) is 16.4 Å². The predicted octanol–water partition coefficient (Wildman–Crippen LogP) is 5.33. The lowest BCUT2D eigenvalue weighted by atomic mass is 10.2. The van der Waals surface area contributed by atoms with E-state index in [4.69, 9.17) is 11.6 Å². The smallest absolute Gasteiger partial charge is 0.257 e. The Hall–Kier alpha value is -3.05. The molecule has 3 aromatic rings. The topological polar surface area (TPSA) is 57.3 Å². The highest BCUT2D eigenvalue weighted by atomic mass is 35.5. The van der Waals surface area contributed by atoms with Crippen LogP contribution in [0.4, 0.5) is 22.9 Å². The molecule has 2 heterocycles. The van der Waals surface area contributed by atoms with Gasteiger partial charge in [-0.3, -0.25) is 4.79 Å². The Morgan fingerprint density at radius 3 is 2.39 bits per heavy atom. The number of halogens is 1. The van der Waals surface area contributed by atoms with Gasteiger partial charge in [-0.15, -0.1) is 0 Å². The van der Waals surface area contributed by atoms with Gasteiger partial charge in [-0.05, 0) is 61.4 Å². The standard InChI is InChI=1S/C22H21ClN4O/c23-19-5-1-2-6-20(19)26-21-12-7-16(15-24-21)22(28)25-17-8-10-18(11-9-17)27-13-3-4-14-27/h1-2,5-12,15H,3-4,13-14H2,(H,24,26)(H,25,28). The van der Waals surface area contributed by atoms with Crippen LogP contribution in [-0.4, -0.2) is 24.0 Å². The van der Waals surface area contributed by atoms with Crippen molar-refractivity contribution in [3.63, 3.8) is 0 Å². The maximum absolute atomic E-state index is 12.5. The number of hydrogen-bond acceptors (Lipinski definition) is 4. The molecule has 0 bridgehead atoms. The minimum atomic E-state index is -0.189. The third-order valence-corrected chi connectivity index (χ3v) is 5.09. The predicted molar refractivity (Wildman–Crippen MR) is 115 cm³/mol. The Morgan fingerprint density at radius 1 is 0.964 bits per heavy atom. The van der Waals surface area contributed by atoms with Gasteiger partial charge in [0.05, 0.1) is 16.3 Å². The first kappa shape index (κ1) is 18.3. The number of anilines is 4. The fraction of sp³-hybridized carbons (Fsp3) is 0.182. The van der Waals surface area contributed by atoms with E-state index in [1.807, 2.05) is 30.3 Å². The first-order valence-electron chi connectivity index (χ1n) is 9.33. The molecule has 0 saturated carbocycles. The van der Waals surface area contributed by atoms with Crippen molar-refractivity contribution < 1.29 is 4.79 Å². The molecular formula is C22H21ClN4O. The van der Waals surface area contributed by atoms with E-state index in [9.17, 15) is 4.79 Å². The van der Waals surface area contributed by atoms with Crippen molar-refractivity contribution in [1.82, 2.24) is 4.98 Å². The summed E-state index contributed by atoms with van der Waals surface area (Å²) in [5.74, 6) is 0.435. The summed E-state index contributed by atoms with van der Waals surface area (Å²) in [6, 6.07) is 18.9. The monoisotopic (exact) mass is 392 g/mol. The van der Waals surface area contributed by atoms with Gasteiger partial charge in [0.25, 0.3) is 5.91 Å². The molecule has 0 radical (unpaired) electrons. The Kier molecular flexibility index (Phi) is 5.44. The maximum Gasteiger partial charge on any atom is 0.257 e. The fourth-order valence-corrected chi connectivity index (χ4v) is 3.42. The van der Waals surface area contributed by atoms with Crippen molar-refractivity contribution in [2.45, 2.75) is 12.8 Å². The van der Waals surface area contributed by atoms with Crippen molar-refractivity contribution >= 4 is 40.4 Å². The second-order valence-corrected chi connectivity index (χ2v) is 7.14. The number of hydrogen-bond donors (Lipinski definition) is 2. The summed E-state index contributed by atoms with van der Waals surface area (Å²) in [4.78, 5) is 19.1. The maximum atomic E-state index is 12.5. The molecule has 1 aliphatic heterocycles. The molecule has 2 aromatic carbocycles. The molecule has 28 heavy (non-hydrogen) atoms. The molecule has 1 fully saturated rings. The number of nitrogens with one attached hydrogen (secondary N) is 2. The average molecular weight is 393 g/mol. The fourth-order valence-electron chi connectivity index (χ4n) is 3.24. The van der Waals surface area contributed by atoms with Crippen LogP contribution in [0, 0.1) is 0 Å². The number of nitrogens with zero attached hydrogens (tertiary/aromatic N) is 2. The summed E-state index contributed by atoms with van der Waals surface area (Å²) in [6.45, 7) is 2.21. The molecule has 142 valence electrons. The van der Waals surface area contributed by atoms with Gasteiger partial charge in [0.2, 0.25) is 0 Å². The first-order chi connectivity index (χ1) is 13.7. The van der Waals surface area contributed by atoms with E-state index in [-0.39, 0.29) is 5.91 Å². The van der Waals surface area contributed by atoms with E-state index in [1.54, 1.807) is 24.4 Å². The van der Waals surface area contributed by atoms with Crippen molar-refractivity contribution in [1.29, 1.82) is 0 Å². The van der Waals surface area contributed by atoms with Crippen LogP contribution in [0.3, 0.4) is 0 Å². The highest BCUT2D eigenvalue weighted by molar-refractivity contribution is 6.33. The van der Waals surface area contributed by atoms with Crippen molar-refractivity contribution in [2.24, 2.45) is 0 Å². The zero-order valence-electron chi connectivity index (χ0n) is 15.4. The summed E-state index contributed by atoms with van der Waals surface area (Å²) in [5.41, 5.74) is 3.23. The molecule has 0 atom stereocenters. The van der Waals surface area contributed by atoms with E-state index >= 15 is 0 Å². The van der Waals surface area contributed by atoms with Crippen molar-refractivity contribution in [3.8, 4) is 0 Å². The summed E-state index contributed by atoms with van der Waals surface area (Å²) in [5, 5.41) is 6.67. The average Bonchev–Trinajstić information content (AvgIpc) is 3.26. The van der Waals surface area contributed by atoms with Gasteiger partial charge < -0.3 is 15.5 Å². The number of carbonyl (C=O) groups is 1. The van der Waals surface area contributed by atoms with Gasteiger partial charge in [0, 0.05) is 30.7 Å². The van der Waals surface area contributed by atoms with E-state index in [1.165, 1.54) is 18.5 Å². The largest absolute Gasteiger partial charge is 0.372 e. The number of carbonyl (C=O) groups excluding carboxylic acids is 1. The Balaban J connectivity index is 1.38. The molecule has 0 aliphatic carbocycles. The molecule has 2 N–H and O–H groups in total. The van der Waals surface area contributed by atoms with E-state index < -0.39 is 0 Å². The molecule has 1 amide bonds. The third-order valence-electron chi connectivity index (χ3n) is 4.76. The highest BCUT2D eigenvalue weighted by Gasteiger charge is 2.12. The van der Waals surface area contributed by atoms with Gasteiger partial charge in [-0.1, -0.05) is 23.7 Å². The lowest BCUT2D eigenvalue weighted by Gasteiger charge is -2.17. The Labute approximate surface area is 169 Å². The van der Waals surface area contributed by atoms with E-state index in [0.717, 1.165) is 24.5 Å². The lowest BCUT2D eigenvalue weighted by molar-refractivity contribution is 0.102. The SMILES string of the molecule is O=C(Nc1ccc(N2CCCC2)cc1)c1ccc(Nc2ccccc2Cl)nc1. The van der Waals surface area contributed by atoms with Gasteiger partial charge >= 0.3 is 0 Å². The van der Waals surface area contributed by atoms with Crippen molar-refractivity contribution in [3.05, 3.63) is 77.4 Å². The molecule has 0 spiro atoms. The van der Waals surface area contributed by atoms with Crippen LogP contribution in [-0.2, 0) is 0 Å². The van der Waals surface area contributed by atoms with Crippen LogP contribution in [0.25, 0.3) is 0 Å². The molecule has 1 aliphatic rings. The summed E-state index contributed by atoms with van der Waals surface area (Å²) >= 11 is 6.14. The van der Waals surface area contributed by atoms with Crippen LogP contribution in [0.5, 0.6) is 0 Å². The number of para-hydroxylation sites is 1. The molecule has 6 heteroatoms. The quantitative estimate of drug-likeness (QED) is 0.616. The molecule has 4 rings (SSSR count). The molecule has 0 unspecified atom stereocenters. The summed E-state index contributed by atoms with van der Waals surface area (Å²) < 4.78 is 0. The number of amides is 1. The lowest BCUT2D eigenvalue weighted by Crippen LogP contribution is -2.17. The molecule has 1 aromatic heterocycles. The van der Waals surface area contributed by atoms with Crippen LogP contribution < -0.4 is 15.5 Å². The van der Waals surface area contributed by atoms with E-state index in [2.05, 4.69) is 32.7 Å². The molecule has 5 nitrogen and oxygen atoms in total. The third kappa shape index (κ3) is 4.26. The van der Waals surface area contributed by atoms with Gasteiger partial charge in [0.15, 0.2) is 0 Å². The van der Waals surface area contributed by atoms with Crippen molar-refractivity contribution in [2.75, 3.05) is 28.6 Å². The zero-order chi connectivity index (χ0) is 19.3. The Bertz CT molecular complexity index is 951. The van der Waals surface area contributed by atoms with Gasteiger partial charge in [-0.25, -0.2) is 4.98 Å². The Morgan fingerprint density at radius 2 is 1.71 bits per heavy atom. The number of rotatable bonds is 5. The minimum absolute atomic E-state index is 0.189. The number of aromatic nitrogens is 1. The first-order valence-corrected chi connectivity index (χ1v) is 9.71. The second kappa shape index (κ2) is 8.31. The summed E-state index contributed by atoms with van der Waals surface area (Å²) in [7, 11) is 0. The summed E-state index contributed by atoms with van der Waals surface area (Å²) in [6.07, 6.45) is 4.03. The van der Waals surface area contributed by atoms with Crippen LogP contribution >= 0.6 is 11.6 Å². The number of pyridine rings is 1. The molecule has 1 saturated heterocycles. The van der Waals surface area contributed by atoms with Gasteiger partial charge in [0.1, 0.15) is 5.82 Å². The zero-order valence-corrected chi connectivity index (χ0v) is 16.1. The van der Waals surface area contributed by atoms with Gasteiger partial charge in [-0.2, -0.15) is 0 Å². The van der Waals surface area contributed by atoms with Crippen LogP contribution in [0.1, 0.15) is 23.2 Å². The number of benzene rings is 2. The van der Waals surface area contributed by atoms with Crippen LogP contribution in [0.15, 0.2) is 66.9 Å². The highest BCUT2D eigenvalue weighted by Crippen LogP contribution is 2.24. The second-order valence-electron chi connectivity index (χ2n) is 6.73.